The second-order valence-electron chi connectivity index (χ2n) is 7.85. The van der Waals surface area contributed by atoms with Crippen LogP contribution in [-0.2, 0) is 19.6 Å². The second-order valence-corrected chi connectivity index (χ2v) is 10.6. The van der Waals surface area contributed by atoms with Crippen LogP contribution in [0.3, 0.4) is 0 Å². The fraction of sp³-hybridized carbons (Fsp3) is 0.160. The fourth-order valence-electron chi connectivity index (χ4n) is 3.34. The van der Waals surface area contributed by atoms with Crippen LogP contribution in [0.4, 0.5) is 11.5 Å². The van der Waals surface area contributed by atoms with Gasteiger partial charge in [0.05, 0.1) is 10.5 Å². The van der Waals surface area contributed by atoms with Crippen molar-refractivity contribution in [1.82, 2.24) is 9.71 Å². The third-order valence-electron chi connectivity index (χ3n) is 5.05. The van der Waals surface area contributed by atoms with Crippen molar-refractivity contribution >= 4 is 45.1 Å². The predicted octanol–water partition coefficient (Wildman–Crippen LogP) is 3.33. The Bertz CT molecular complexity index is 1540. The summed E-state index contributed by atoms with van der Waals surface area (Å²) in [5.74, 6) is -0.789. The Labute approximate surface area is 218 Å². The molecule has 0 saturated carbocycles. The van der Waals surface area contributed by atoms with Crippen molar-refractivity contribution in [3.05, 3.63) is 65.2 Å². The topological polar surface area (TPSA) is 179 Å². The lowest BCUT2D eigenvalue weighted by Gasteiger charge is -2.13. The number of aryl methyl sites for hydroxylation is 1. The number of nitrogens with one attached hydrogen (secondary N) is 2. The molecular weight excluding hydrogens is 512 g/mol. The van der Waals surface area contributed by atoms with E-state index in [2.05, 4.69) is 16.4 Å². The van der Waals surface area contributed by atoms with Crippen molar-refractivity contribution in [3.8, 4) is 23.3 Å². The number of thioether (sulfide) groups is 1. The second kappa shape index (κ2) is 11.6. The van der Waals surface area contributed by atoms with E-state index >= 15 is 0 Å². The van der Waals surface area contributed by atoms with Gasteiger partial charge in [-0.05, 0) is 36.8 Å². The maximum absolute atomic E-state index is 12.4. The molecule has 3 rings (SSSR count). The SMILES string of the molecule is CC(=O)NS(=O)(=O)c1ccc(NC(=O)CCSc2nc(N)c(C#N)c(-c3ccc(C)cc3)c2C#N)cc1. The van der Waals surface area contributed by atoms with Gasteiger partial charge in [-0.2, -0.15) is 10.5 Å². The zero-order valence-electron chi connectivity index (χ0n) is 19.9. The molecule has 2 aromatic carbocycles. The van der Waals surface area contributed by atoms with Crippen LogP contribution in [0.25, 0.3) is 11.1 Å². The van der Waals surface area contributed by atoms with E-state index in [-0.39, 0.29) is 39.9 Å². The molecule has 0 aliphatic heterocycles. The number of nitrogen functional groups attached to an aromatic ring is 1. The fourth-order valence-corrected chi connectivity index (χ4v) is 5.27. The molecule has 0 bridgehead atoms. The van der Waals surface area contributed by atoms with Crippen molar-refractivity contribution < 1.29 is 18.0 Å². The number of hydrogen-bond acceptors (Lipinski definition) is 9. The summed E-state index contributed by atoms with van der Waals surface area (Å²) in [5.41, 5.74) is 8.80. The average molecular weight is 535 g/mol. The molecule has 3 aromatic rings. The van der Waals surface area contributed by atoms with E-state index in [0.29, 0.717) is 21.8 Å². The minimum atomic E-state index is -3.97. The van der Waals surface area contributed by atoms with Crippen LogP contribution < -0.4 is 15.8 Å². The number of sulfonamides is 1. The molecule has 0 unspecified atom stereocenters. The molecule has 0 aliphatic carbocycles. The van der Waals surface area contributed by atoms with Crippen molar-refractivity contribution in [3.63, 3.8) is 0 Å². The number of nitriles is 2. The summed E-state index contributed by atoms with van der Waals surface area (Å²) in [7, 11) is -3.97. The molecule has 0 radical (unpaired) electrons. The predicted molar refractivity (Wildman–Crippen MR) is 140 cm³/mol. The Kier molecular flexibility index (Phi) is 8.50. The molecule has 0 fully saturated rings. The quantitative estimate of drug-likeness (QED) is 0.365. The maximum Gasteiger partial charge on any atom is 0.264 e. The standard InChI is InChI=1S/C25H22N6O4S2/c1-15-3-5-17(6-4-15)23-20(13-26)24(28)30-25(21(23)14-27)36-12-11-22(33)29-18-7-9-19(10-8-18)37(34,35)31-16(2)32/h3-10H,11-12H2,1-2H3,(H2,28,30)(H,29,33)(H,31,32). The van der Waals surface area contributed by atoms with E-state index in [9.17, 15) is 28.5 Å². The molecule has 0 atom stereocenters. The zero-order valence-corrected chi connectivity index (χ0v) is 21.5. The van der Waals surface area contributed by atoms with Crippen LogP contribution in [0.2, 0.25) is 0 Å². The third-order valence-corrected chi connectivity index (χ3v) is 7.48. The molecule has 0 spiro atoms. The Morgan fingerprint density at radius 1 is 1.03 bits per heavy atom. The van der Waals surface area contributed by atoms with E-state index in [1.54, 1.807) is 12.1 Å². The summed E-state index contributed by atoms with van der Waals surface area (Å²) in [5, 5.41) is 22.5. The number of anilines is 2. The van der Waals surface area contributed by atoms with Gasteiger partial charge in [0.2, 0.25) is 11.8 Å². The molecule has 1 aromatic heterocycles. The molecule has 12 heteroatoms. The van der Waals surface area contributed by atoms with Gasteiger partial charge < -0.3 is 11.1 Å². The number of carbonyl (C=O) groups is 2. The van der Waals surface area contributed by atoms with Gasteiger partial charge in [-0.25, -0.2) is 18.1 Å². The normalized spacial score (nSPS) is 10.7. The largest absolute Gasteiger partial charge is 0.383 e. The molecule has 37 heavy (non-hydrogen) atoms. The third kappa shape index (κ3) is 6.64. The minimum absolute atomic E-state index is 0.00155. The van der Waals surface area contributed by atoms with Gasteiger partial charge in [-0.1, -0.05) is 29.8 Å². The van der Waals surface area contributed by atoms with Crippen LogP contribution in [0.1, 0.15) is 30.0 Å². The maximum atomic E-state index is 12.4. The van der Waals surface area contributed by atoms with Crippen LogP contribution in [-0.4, -0.2) is 31.0 Å². The summed E-state index contributed by atoms with van der Waals surface area (Å²) in [6, 6.07) is 16.9. The van der Waals surface area contributed by atoms with Crippen molar-refractivity contribution in [2.75, 3.05) is 16.8 Å². The number of nitrogens with two attached hydrogens (primary N) is 1. The van der Waals surface area contributed by atoms with Gasteiger partial charge >= 0.3 is 0 Å². The van der Waals surface area contributed by atoms with Gasteiger partial charge in [-0.3, -0.25) is 9.59 Å². The molecular formula is C25H22N6O4S2. The highest BCUT2D eigenvalue weighted by molar-refractivity contribution is 7.99. The first-order chi connectivity index (χ1) is 17.6. The summed E-state index contributed by atoms with van der Waals surface area (Å²) < 4.78 is 25.9. The van der Waals surface area contributed by atoms with Crippen LogP contribution >= 0.6 is 11.8 Å². The monoisotopic (exact) mass is 534 g/mol. The molecule has 0 aliphatic rings. The Morgan fingerprint density at radius 3 is 2.22 bits per heavy atom. The zero-order chi connectivity index (χ0) is 27.2. The molecule has 4 N–H and O–H groups in total. The number of carbonyl (C=O) groups excluding carboxylic acids is 2. The Hall–Kier alpha value is -4.39. The van der Waals surface area contributed by atoms with E-state index in [1.807, 2.05) is 29.8 Å². The molecule has 10 nitrogen and oxygen atoms in total. The highest BCUT2D eigenvalue weighted by Gasteiger charge is 2.21. The van der Waals surface area contributed by atoms with Gasteiger partial charge in [0.15, 0.2) is 0 Å². The summed E-state index contributed by atoms with van der Waals surface area (Å²) >= 11 is 1.16. The lowest BCUT2D eigenvalue weighted by molar-refractivity contribution is -0.117. The number of nitrogens with zero attached hydrogens (tertiary/aromatic N) is 3. The number of aromatic nitrogens is 1. The minimum Gasteiger partial charge on any atom is -0.383 e. The Morgan fingerprint density at radius 2 is 1.65 bits per heavy atom. The Balaban J connectivity index is 1.72. The lowest BCUT2D eigenvalue weighted by atomic mass is 9.96. The van der Waals surface area contributed by atoms with E-state index in [4.69, 9.17) is 5.73 Å². The highest BCUT2D eigenvalue weighted by Crippen LogP contribution is 2.35. The number of pyridine rings is 1. The van der Waals surface area contributed by atoms with E-state index < -0.39 is 15.9 Å². The molecule has 2 amide bonds. The van der Waals surface area contributed by atoms with Gasteiger partial charge in [0, 0.05) is 30.3 Å². The van der Waals surface area contributed by atoms with Gasteiger partial charge in [0.25, 0.3) is 10.0 Å². The van der Waals surface area contributed by atoms with Gasteiger partial charge in [0.1, 0.15) is 28.5 Å². The smallest absolute Gasteiger partial charge is 0.264 e. The van der Waals surface area contributed by atoms with Crippen molar-refractivity contribution in [2.45, 2.75) is 30.2 Å². The van der Waals surface area contributed by atoms with Crippen molar-refractivity contribution in [2.24, 2.45) is 0 Å². The van der Waals surface area contributed by atoms with E-state index in [0.717, 1.165) is 24.2 Å². The first-order valence-corrected chi connectivity index (χ1v) is 13.3. The summed E-state index contributed by atoms with van der Waals surface area (Å²) in [4.78, 5) is 27.6. The average Bonchev–Trinajstić information content (AvgIpc) is 2.84. The number of benzene rings is 2. The molecule has 188 valence electrons. The van der Waals surface area contributed by atoms with Gasteiger partial charge in [-0.15, -0.1) is 11.8 Å². The van der Waals surface area contributed by atoms with Crippen LogP contribution in [0, 0.1) is 29.6 Å². The molecule has 0 saturated heterocycles. The lowest BCUT2D eigenvalue weighted by Crippen LogP contribution is -2.28. The number of rotatable bonds is 8. The summed E-state index contributed by atoms with van der Waals surface area (Å²) in [6.45, 7) is 3.02. The van der Waals surface area contributed by atoms with Crippen LogP contribution in [0.5, 0.6) is 0 Å². The number of hydrogen-bond donors (Lipinski definition) is 3. The van der Waals surface area contributed by atoms with E-state index in [1.165, 1.54) is 24.3 Å². The highest BCUT2D eigenvalue weighted by atomic mass is 32.2. The first kappa shape index (κ1) is 27.2. The number of amides is 2. The summed E-state index contributed by atoms with van der Waals surface area (Å²) in [6.07, 6.45) is 0.0585. The first-order valence-electron chi connectivity index (χ1n) is 10.8. The van der Waals surface area contributed by atoms with Crippen molar-refractivity contribution in [1.29, 1.82) is 10.5 Å². The molecule has 1 heterocycles. The van der Waals surface area contributed by atoms with Crippen LogP contribution in [0.15, 0.2) is 58.5 Å².